The first-order valence-electron chi connectivity index (χ1n) is 10.6. The molecule has 0 unspecified atom stereocenters. The van der Waals surface area contributed by atoms with E-state index in [1.807, 2.05) is 19.2 Å². The molecule has 1 N–H and O–H groups in total. The van der Waals surface area contributed by atoms with Gasteiger partial charge in [-0.3, -0.25) is 4.68 Å². The van der Waals surface area contributed by atoms with Crippen LogP contribution in [0.25, 0.3) is 22.4 Å². The lowest BCUT2D eigenvalue weighted by Crippen LogP contribution is -2.29. The predicted molar refractivity (Wildman–Crippen MR) is 118 cm³/mol. The van der Waals surface area contributed by atoms with E-state index in [1.54, 1.807) is 7.11 Å². The number of hydrogen-bond acceptors (Lipinski definition) is 5. The number of nitrogens with zero attached hydrogens (tertiary/aromatic N) is 3. The highest BCUT2D eigenvalue weighted by Gasteiger charge is 2.30. The fourth-order valence-electron chi connectivity index (χ4n) is 4.89. The number of ether oxygens (including phenoxy) is 2. The summed E-state index contributed by atoms with van der Waals surface area (Å²) in [6, 6.07) is 9.04. The SMILES string of the molecule is COc1cc(C)c(-c2ccc3c(c2)NCc2cnn([C@@H]4CCOC[C@@H]4C)c2-3)c(C)n1. The van der Waals surface area contributed by atoms with Crippen molar-refractivity contribution >= 4 is 5.69 Å². The van der Waals surface area contributed by atoms with Crippen LogP contribution in [-0.2, 0) is 11.3 Å². The fraction of sp³-hybridized carbons (Fsp3) is 0.417. The second-order valence-electron chi connectivity index (χ2n) is 8.43. The van der Waals surface area contributed by atoms with Crippen molar-refractivity contribution in [2.75, 3.05) is 25.6 Å². The molecular formula is C24H28N4O2. The third-order valence-electron chi connectivity index (χ3n) is 6.40. The molecule has 1 fully saturated rings. The molecule has 1 aromatic carbocycles. The van der Waals surface area contributed by atoms with Crippen molar-refractivity contribution < 1.29 is 9.47 Å². The summed E-state index contributed by atoms with van der Waals surface area (Å²) in [7, 11) is 1.66. The largest absolute Gasteiger partial charge is 0.481 e. The van der Waals surface area contributed by atoms with Crippen molar-refractivity contribution in [2.24, 2.45) is 5.92 Å². The molecular weight excluding hydrogens is 376 g/mol. The molecule has 30 heavy (non-hydrogen) atoms. The lowest BCUT2D eigenvalue weighted by atomic mass is 9.93. The van der Waals surface area contributed by atoms with Gasteiger partial charge >= 0.3 is 0 Å². The number of hydrogen-bond donors (Lipinski definition) is 1. The van der Waals surface area contributed by atoms with Gasteiger partial charge in [0.25, 0.3) is 0 Å². The number of aromatic nitrogens is 3. The number of pyridine rings is 1. The molecule has 0 radical (unpaired) electrons. The van der Waals surface area contributed by atoms with Gasteiger partial charge in [-0.05, 0) is 37.5 Å². The lowest BCUT2D eigenvalue weighted by molar-refractivity contribution is 0.0255. The molecule has 2 aromatic heterocycles. The summed E-state index contributed by atoms with van der Waals surface area (Å²) in [5.41, 5.74) is 9.34. The van der Waals surface area contributed by atoms with Crippen LogP contribution in [0, 0.1) is 19.8 Å². The summed E-state index contributed by atoms with van der Waals surface area (Å²) in [5.74, 6) is 1.11. The quantitative estimate of drug-likeness (QED) is 0.682. The Labute approximate surface area is 177 Å². The Morgan fingerprint density at radius 1 is 1.23 bits per heavy atom. The van der Waals surface area contributed by atoms with Crippen molar-refractivity contribution in [2.45, 2.75) is 39.8 Å². The van der Waals surface area contributed by atoms with E-state index in [0.29, 0.717) is 17.8 Å². The average Bonchev–Trinajstić information content (AvgIpc) is 3.17. The summed E-state index contributed by atoms with van der Waals surface area (Å²) in [6.45, 7) is 8.80. The first kappa shape index (κ1) is 19.1. The van der Waals surface area contributed by atoms with Gasteiger partial charge in [0.15, 0.2) is 0 Å². The summed E-state index contributed by atoms with van der Waals surface area (Å²) < 4.78 is 13.2. The van der Waals surface area contributed by atoms with Crippen molar-refractivity contribution in [3.8, 4) is 28.3 Å². The highest BCUT2D eigenvalue weighted by Crippen LogP contribution is 2.42. The maximum Gasteiger partial charge on any atom is 0.213 e. The molecule has 0 amide bonds. The van der Waals surface area contributed by atoms with Crippen LogP contribution in [0.15, 0.2) is 30.5 Å². The Hall–Kier alpha value is -2.86. The van der Waals surface area contributed by atoms with E-state index in [4.69, 9.17) is 14.6 Å². The zero-order valence-electron chi connectivity index (χ0n) is 18.0. The Kier molecular flexibility index (Phi) is 4.74. The molecule has 0 aliphatic carbocycles. The van der Waals surface area contributed by atoms with Gasteiger partial charge in [-0.2, -0.15) is 5.10 Å². The minimum absolute atomic E-state index is 0.378. The summed E-state index contributed by atoms with van der Waals surface area (Å²) in [4.78, 5) is 4.58. The molecule has 4 heterocycles. The summed E-state index contributed by atoms with van der Waals surface area (Å²) >= 11 is 0. The Morgan fingerprint density at radius 2 is 2.10 bits per heavy atom. The minimum atomic E-state index is 0.378. The van der Waals surface area contributed by atoms with Gasteiger partial charge in [-0.25, -0.2) is 4.98 Å². The van der Waals surface area contributed by atoms with Crippen LogP contribution in [0.3, 0.4) is 0 Å². The molecule has 0 saturated carbocycles. The molecule has 5 rings (SSSR count). The van der Waals surface area contributed by atoms with Gasteiger partial charge in [0.1, 0.15) is 0 Å². The van der Waals surface area contributed by atoms with Crippen molar-refractivity contribution in [3.05, 3.63) is 47.3 Å². The molecule has 1 saturated heterocycles. The molecule has 6 nitrogen and oxygen atoms in total. The van der Waals surface area contributed by atoms with E-state index in [9.17, 15) is 0 Å². The van der Waals surface area contributed by atoms with Crippen LogP contribution in [0.2, 0.25) is 0 Å². The van der Waals surface area contributed by atoms with Gasteiger partial charge in [0, 0.05) is 53.2 Å². The molecule has 6 heteroatoms. The highest BCUT2D eigenvalue weighted by atomic mass is 16.5. The van der Waals surface area contributed by atoms with Crippen molar-refractivity contribution in [1.29, 1.82) is 0 Å². The average molecular weight is 405 g/mol. The number of benzene rings is 1. The van der Waals surface area contributed by atoms with E-state index < -0.39 is 0 Å². The zero-order valence-corrected chi connectivity index (χ0v) is 18.0. The number of nitrogens with one attached hydrogen (secondary N) is 1. The smallest absolute Gasteiger partial charge is 0.213 e. The number of fused-ring (bicyclic) bond motifs is 3. The number of aryl methyl sites for hydroxylation is 2. The highest BCUT2D eigenvalue weighted by molar-refractivity contribution is 5.85. The number of anilines is 1. The normalized spacial score (nSPS) is 20.3. The van der Waals surface area contributed by atoms with E-state index >= 15 is 0 Å². The Bertz CT molecular complexity index is 1080. The topological polar surface area (TPSA) is 61.2 Å². The molecule has 3 aromatic rings. The fourth-order valence-corrected chi connectivity index (χ4v) is 4.89. The Morgan fingerprint density at radius 3 is 2.87 bits per heavy atom. The van der Waals surface area contributed by atoms with Crippen LogP contribution in [0.4, 0.5) is 5.69 Å². The van der Waals surface area contributed by atoms with Crippen LogP contribution in [0.5, 0.6) is 5.88 Å². The zero-order chi connectivity index (χ0) is 20.8. The molecule has 0 bridgehead atoms. The minimum Gasteiger partial charge on any atom is -0.481 e. The van der Waals surface area contributed by atoms with E-state index in [2.05, 4.69) is 47.0 Å². The van der Waals surface area contributed by atoms with Crippen LogP contribution in [0.1, 0.15) is 36.2 Å². The third-order valence-corrected chi connectivity index (χ3v) is 6.40. The number of rotatable bonds is 3. The first-order chi connectivity index (χ1) is 14.6. The second-order valence-corrected chi connectivity index (χ2v) is 8.43. The van der Waals surface area contributed by atoms with E-state index in [1.165, 1.54) is 22.4 Å². The van der Waals surface area contributed by atoms with Crippen LogP contribution < -0.4 is 10.1 Å². The van der Waals surface area contributed by atoms with Crippen LogP contribution in [-0.4, -0.2) is 35.1 Å². The second kappa shape index (κ2) is 7.43. The van der Waals surface area contributed by atoms with Gasteiger partial charge < -0.3 is 14.8 Å². The maximum absolute atomic E-state index is 5.66. The van der Waals surface area contributed by atoms with Crippen molar-refractivity contribution in [1.82, 2.24) is 14.8 Å². The first-order valence-corrected chi connectivity index (χ1v) is 10.6. The lowest BCUT2D eigenvalue weighted by Gasteiger charge is -2.31. The number of methoxy groups -OCH3 is 1. The van der Waals surface area contributed by atoms with Gasteiger partial charge in [0.05, 0.1) is 31.6 Å². The molecule has 2 aliphatic rings. The predicted octanol–water partition coefficient (Wildman–Crippen LogP) is 4.76. The Balaban J connectivity index is 1.58. The molecule has 156 valence electrons. The molecule has 0 spiro atoms. The molecule has 2 aliphatic heterocycles. The maximum atomic E-state index is 5.66. The van der Waals surface area contributed by atoms with Gasteiger partial charge in [0.2, 0.25) is 5.88 Å². The summed E-state index contributed by atoms with van der Waals surface area (Å²) in [5, 5.41) is 8.39. The monoisotopic (exact) mass is 404 g/mol. The third kappa shape index (κ3) is 3.06. The summed E-state index contributed by atoms with van der Waals surface area (Å²) in [6.07, 6.45) is 3.02. The van der Waals surface area contributed by atoms with Gasteiger partial charge in [-0.1, -0.05) is 19.1 Å². The van der Waals surface area contributed by atoms with E-state index in [0.717, 1.165) is 48.7 Å². The molecule has 2 atom stereocenters. The van der Waals surface area contributed by atoms with Crippen molar-refractivity contribution in [3.63, 3.8) is 0 Å². The standard InChI is InChI=1S/C24H28N4O2/c1-14-9-22(29-4)27-16(3)23(14)17-5-6-19-20(10-17)25-11-18-12-26-28(24(18)19)21-7-8-30-13-15(21)2/h5-6,9-10,12,15,21,25H,7-8,11,13H2,1-4H3/t15-,21+/m0/s1. The van der Waals surface area contributed by atoms with E-state index in [-0.39, 0.29) is 0 Å². The van der Waals surface area contributed by atoms with Gasteiger partial charge in [-0.15, -0.1) is 0 Å². The van der Waals surface area contributed by atoms with Crippen LogP contribution >= 0.6 is 0 Å².